The van der Waals surface area contributed by atoms with Crippen LogP contribution in [-0.4, -0.2) is 49.3 Å². The van der Waals surface area contributed by atoms with E-state index in [0.29, 0.717) is 12.8 Å². The average molecular weight is 766 g/mol. The number of esters is 2. The van der Waals surface area contributed by atoms with Crippen molar-refractivity contribution in [3.05, 3.63) is 60.8 Å². The van der Waals surface area contributed by atoms with Gasteiger partial charge in [-0.15, -0.1) is 0 Å². The van der Waals surface area contributed by atoms with Crippen LogP contribution in [0.4, 0.5) is 0 Å². The van der Waals surface area contributed by atoms with Crippen molar-refractivity contribution in [2.45, 2.75) is 174 Å². The van der Waals surface area contributed by atoms with Crippen LogP contribution < -0.4 is 5.73 Å². The molecule has 0 bridgehead atoms. The molecule has 0 aromatic heterocycles. The Morgan fingerprint density at radius 2 is 1.02 bits per heavy atom. The number of hydrogen-bond donors (Lipinski definition) is 2. The van der Waals surface area contributed by atoms with Crippen molar-refractivity contribution in [1.82, 2.24) is 0 Å². The zero-order valence-corrected chi connectivity index (χ0v) is 34.4. The molecule has 0 aliphatic rings. The Balaban J connectivity index is 4.30. The Morgan fingerprint density at radius 1 is 0.566 bits per heavy atom. The summed E-state index contributed by atoms with van der Waals surface area (Å²) in [5, 5.41) is 0. The second-order valence-corrected chi connectivity index (χ2v) is 15.0. The summed E-state index contributed by atoms with van der Waals surface area (Å²) in [6, 6.07) is 0. The number of phosphoric ester groups is 1. The molecule has 0 aliphatic heterocycles. The zero-order chi connectivity index (χ0) is 38.9. The summed E-state index contributed by atoms with van der Waals surface area (Å²) >= 11 is 0. The maximum absolute atomic E-state index is 12.5. The van der Waals surface area contributed by atoms with Crippen LogP contribution in [0.2, 0.25) is 0 Å². The topological polar surface area (TPSA) is 134 Å². The monoisotopic (exact) mass is 766 g/mol. The first-order valence-electron chi connectivity index (χ1n) is 20.8. The van der Waals surface area contributed by atoms with Crippen LogP contribution in [0.15, 0.2) is 60.8 Å². The first-order valence-corrected chi connectivity index (χ1v) is 22.3. The summed E-state index contributed by atoms with van der Waals surface area (Å²) < 4.78 is 32.6. The van der Waals surface area contributed by atoms with Gasteiger partial charge in [-0.2, -0.15) is 0 Å². The second-order valence-electron chi connectivity index (χ2n) is 13.5. The molecular weight excluding hydrogens is 689 g/mol. The van der Waals surface area contributed by atoms with Gasteiger partial charge in [-0.1, -0.05) is 164 Å². The molecule has 0 heterocycles. The zero-order valence-electron chi connectivity index (χ0n) is 33.5. The van der Waals surface area contributed by atoms with Gasteiger partial charge < -0.3 is 20.1 Å². The molecule has 3 N–H and O–H groups in total. The van der Waals surface area contributed by atoms with Gasteiger partial charge in [0.2, 0.25) is 0 Å². The molecule has 2 atom stereocenters. The van der Waals surface area contributed by atoms with Crippen LogP contribution in [0.25, 0.3) is 0 Å². The molecule has 0 saturated heterocycles. The number of nitrogens with two attached hydrogens (primary N) is 1. The van der Waals surface area contributed by atoms with Crippen LogP contribution in [-0.2, 0) is 32.7 Å². The van der Waals surface area contributed by atoms with Crippen LogP contribution in [0, 0.1) is 0 Å². The van der Waals surface area contributed by atoms with Gasteiger partial charge in [0, 0.05) is 19.4 Å². The van der Waals surface area contributed by atoms with E-state index in [0.717, 1.165) is 44.9 Å². The van der Waals surface area contributed by atoms with Crippen LogP contribution in [0.1, 0.15) is 168 Å². The van der Waals surface area contributed by atoms with E-state index < -0.39 is 32.5 Å². The lowest BCUT2D eigenvalue weighted by molar-refractivity contribution is -0.161. The summed E-state index contributed by atoms with van der Waals surface area (Å²) in [5.41, 5.74) is 5.33. The lowest BCUT2D eigenvalue weighted by Gasteiger charge is -2.19. The molecule has 0 fully saturated rings. The van der Waals surface area contributed by atoms with Gasteiger partial charge in [0.15, 0.2) is 6.10 Å². The molecule has 10 heteroatoms. The number of allylic oxidation sites excluding steroid dienone is 10. The molecule has 2 unspecified atom stereocenters. The van der Waals surface area contributed by atoms with Crippen molar-refractivity contribution in [2.24, 2.45) is 5.73 Å². The predicted molar refractivity (Wildman–Crippen MR) is 219 cm³/mol. The summed E-state index contributed by atoms with van der Waals surface area (Å²) in [6.45, 7) is 3.61. The molecule has 0 amide bonds. The second kappa shape index (κ2) is 39.4. The van der Waals surface area contributed by atoms with E-state index in [1.54, 1.807) is 0 Å². The van der Waals surface area contributed by atoms with E-state index in [1.807, 2.05) is 12.2 Å². The fourth-order valence-corrected chi connectivity index (χ4v) is 6.09. The van der Waals surface area contributed by atoms with E-state index in [4.69, 9.17) is 24.3 Å². The highest BCUT2D eigenvalue weighted by Crippen LogP contribution is 2.43. The Hall–Kier alpha value is -2.29. The van der Waals surface area contributed by atoms with Crippen molar-refractivity contribution in [2.75, 3.05) is 26.4 Å². The fourth-order valence-electron chi connectivity index (χ4n) is 5.32. The number of carbonyl (C=O) groups excluding carboxylic acids is 2. The quantitative estimate of drug-likeness (QED) is 0.0272. The van der Waals surface area contributed by atoms with Crippen molar-refractivity contribution in [3.63, 3.8) is 0 Å². The largest absolute Gasteiger partial charge is 0.472 e. The summed E-state index contributed by atoms with van der Waals surface area (Å²) in [6.07, 6.45) is 45.5. The molecular formula is C43H76NO8P. The SMILES string of the molecule is CCCCCC=CCC=CCC=CCC=CCC=CCCC(=O)OCC(COP(=O)(O)OCCN)OC(=O)CCCCCCCCCCCCCCC. The fraction of sp³-hybridized carbons (Fsp3) is 0.721. The molecule has 0 aliphatic carbocycles. The molecule has 0 aromatic rings. The third-order valence-electron chi connectivity index (χ3n) is 8.42. The highest BCUT2D eigenvalue weighted by molar-refractivity contribution is 7.47. The molecule has 0 aromatic carbocycles. The summed E-state index contributed by atoms with van der Waals surface area (Å²) in [4.78, 5) is 34.7. The normalized spacial score (nSPS) is 14.0. The maximum Gasteiger partial charge on any atom is 0.472 e. The molecule has 306 valence electrons. The van der Waals surface area contributed by atoms with E-state index in [9.17, 15) is 19.0 Å². The number of phosphoric acid groups is 1. The highest BCUT2D eigenvalue weighted by Gasteiger charge is 2.25. The van der Waals surface area contributed by atoms with Gasteiger partial charge in [-0.25, -0.2) is 4.57 Å². The van der Waals surface area contributed by atoms with Gasteiger partial charge in [0.1, 0.15) is 6.61 Å². The minimum atomic E-state index is -4.39. The van der Waals surface area contributed by atoms with Gasteiger partial charge in [0.25, 0.3) is 0 Å². The van der Waals surface area contributed by atoms with Crippen LogP contribution >= 0.6 is 7.82 Å². The smallest absolute Gasteiger partial charge is 0.462 e. The van der Waals surface area contributed by atoms with Gasteiger partial charge in [-0.05, 0) is 51.4 Å². The highest BCUT2D eigenvalue weighted by atomic mass is 31.2. The summed E-state index contributed by atoms with van der Waals surface area (Å²) in [5.74, 6) is -0.926. The summed E-state index contributed by atoms with van der Waals surface area (Å²) in [7, 11) is -4.39. The van der Waals surface area contributed by atoms with Crippen molar-refractivity contribution in [3.8, 4) is 0 Å². The number of hydrogen-bond acceptors (Lipinski definition) is 8. The van der Waals surface area contributed by atoms with Crippen LogP contribution in [0.3, 0.4) is 0 Å². The first kappa shape index (κ1) is 50.7. The van der Waals surface area contributed by atoms with Crippen LogP contribution in [0.5, 0.6) is 0 Å². The number of rotatable bonds is 38. The van der Waals surface area contributed by atoms with Gasteiger partial charge in [0.05, 0.1) is 13.2 Å². The standard InChI is InChI=1S/C43H76NO8P/c1-3-5-7-9-11-13-15-17-18-19-20-21-22-24-25-27-29-31-33-35-42(45)49-39-41(40-51-53(47,48)50-38-37-44)52-43(46)36-34-32-30-28-26-23-16-14-12-10-8-6-4-2/h11,13,17-18,20-21,24-25,29,31,41H,3-10,12,14-16,19,22-23,26-28,30,32-40,44H2,1-2H3,(H,47,48). The Bertz CT molecular complexity index is 1050. The lowest BCUT2D eigenvalue weighted by atomic mass is 10.0. The average Bonchev–Trinajstić information content (AvgIpc) is 3.14. The molecule has 53 heavy (non-hydrogen) atoms. The number of unbranched alkanes of at least 4 members (excludes halogenated alkanes) is 15. The molecule has 0 saturated carbocycles. The minimum Gasteiger partial charge on any atom is -0.462 e. The molecule has 0 rings (SSSR count). The Kier molecular flexibility index (Phi) is 37.7. The number of carbonyl (C=O) groups is 2. The lowest BCUT2D eigenvalue weighted by Crippen LogP contribution is -2.29. The van der Waals surface area contributed by atoms with E-state index in [1.165, 1.54) is 83.5 Å². The van der Waals surface area contributed by atoms with Gasteiger partial charge >= 0.3 is 19.8 Å². The van der Waals surface area contributed by atoms with Gasteiger partial charge in [-0.3, -0.25) is 18.6 Å². The van der Waals surface area contributed by atoms with E-state index >= 15 is 0 Å². The third-order valence-corrected chi connectivity index (χ3v) is 9.40. The van der Waals surface area contributed by atoms with Crippen molar-refractivity contribution >= 4 is 19.8 Å². The minimum absolute atomic E-state index is 0.0427. The van der Waals surface area contributed by atoms with E-state index in [2.05, 4.69) is 62.5 Å². The Morgan fingerprint density at radius 3 is 1.53 bits per heavy atom. The first-order chi connectivity index (χ1) is 25.8. The molecule has 0 spiro atoms. The van der Waals surface area contributed by atoms with Crippen molar-refractivity contribution < 1.29 is 37.6 Å². The van der Waals surface area contributed by atoms with Crippen molar-refractivity contribution in [1.29, 1.82) is 0 Å². The van der Waals surface area contributed by atoms with E-state index in [-0.39, 0.29) is 32.6 Å². The maximum atomic E-state index is 12.5. The Labute approximate surface area is 323 Å². The molecule has 9 nitrogen and oxygen atoms in total. The number of ether oxygens (including phenoxy) is 2. The third kappa shape index (κ3) is 39.2. The predicted octanol–water partition coefficient (Wildman–Crippen LogP) is 11.7. The molecule has 0 radical (unpaired) electrons.